The van der Waals surface area contributed by atoms with Crippen LogP contribution in [0.5, 0.6) is 0 Å². The van der Waals surface area contributed by atoms with Gasteiger partial charge in [-0.1, -0.05) is 26.2 Å². The smallest absolute Gasteiger partial charge is 0.0344 e. The van der Waals surface area contributed by atoms with Crippen LogP contribution in [0.15, 0.2) is 0 Å². The lowest BCUT2D eigenvalue weighted by Crippen LogP contribution is -2.56. The maximum absolute atomic E-state index is 6.24. The molecular formula is C16H33N3. The van der Waals surface area contributed by atoms with E-state index in [4.69, 9.17) is 5.73 Å². The normalized spacial score (nSPS) is 31.6. The zero-order valence-electron chi connectivity index (χ0n) is 13.0. The summed E-state index contributed by atoms with van der Waals surface area (Å²) < 4.78 is 0. The molecule has 1 saturated heterocycles. The van der Waals surface area contributed by atoms with Crippen molar-refractivity contribution in [1.82, 2.24) is 9.80 Å². The Labute approximate surface area is 119 Å². The second-order valence-corrected chi connectivity index (χ2v) is 6.62. The van der Waals surface area contributed by atoms with Gasteiger partial charge in [-0.15, -0.1) is 0 Å². The van der Waals surface area contributed by atoms with Crippen molar-refractivity contribution in [3.8, 4) is 0 Å². The van der Waals surface area contributed by atoms with Crippen LogP contribution in [-0.4, -0.2) is 54.6 Å². The third kappa shape index (κ3) is 3.50. The fourth-order valence-corrected chi connectivity index (χ4v) is 4.11. The van der Waals surface area contributed by atoms with Crippen molar-refractivity contribution in [3.05, 3.63) is 0 Å². The number of likely N-dealkylation sites (tertiary alicyclic amines) is 1. The second kappa shape index (κ2) is 7.05. The Morgan fingerprint density at radius 3 is 2.47 bits per heavy atom. The van der Waals surface area contributed by atoms with Gasteiger partial charge in [0.05, 0.1) is 0 Å². The largest absolute Gasteiger partial charge is 0.329 e. The summed E-state index contributed by atoms with van der Waals surface area (Å²) in [4.78, 5) is 5.28. The molecule has 1 unspecified atom stereocenters. The molecule has 1 heterocycles. The molecule has 112 valence electrons. The molecule has 2 aliphatic rings. The first kappa shape index (κ1) is 15.3. The van der Waals surface area contributed by atoms with E-state index in [0.717, 1.165) is 12.6 Å². The molecule has 2 rings (SSSR count). The molecule has 0 bridgehead atoms. The van der Waals surface area contributed by atoms with Crippen LogP contribution in [0.3, 0.4) is 0 Å². The average Bonchev–Trinajstić information content (AvgIpc) is 2.70. The van der Waals surface area contributed by atoms with Gasteiger partial charge in [0, 0.05) is 18.1 Å². The summed E-state index contributed by atoms with van der Waals surface area (Å²) in [5, 5.41) is 0. The van der Waals surface area contributed by atoms with Crippen LogP contribution in [-0.2, 0) is 0 Å². The van der Waals surface area contributed by atoms with Crippen LogP contribution in [0.1, 0.15) is 58.3 Å². The highest BCUT2D eigenvalue weighted by Crippen LogP contribution is 2.33. The minimum absolute atomic E-state index is 0.270. The Morgan fingerprint density at radius 2 is 1.84 bits per heavy atom. The summed E-state index contributed by atoms with van der Waals surface area (Å²) in [6.45, 7) is 6.78. The van der Waals surface area contributed by atoms with Crippen LogP contribution < -0.4 is 5.73 Å². The number of nitrogens with two attached hydrogens (primary N) is 1. The number of likely N-dealkylation sites (N-methyl/N-ethyl adjacent to an activating group) is 1. The van der Waals surface area contributed by atoms with Crippen LogP contribution in [0, 0.1) is 0 Å². The molecule has 0 aromatic rings. The number of rotatable bonds is 4. The standard InChI is InChI=1S/C16H33N3/c1-3-19-12-7-10-16(14-17,11-13-19)18(2)15-8-5-4-6-9-15/h15H,3-14,17H2,1-2H3. The van der Waals surface area contributed by atoms with E-state index in [-0.39, 0.29) is 5.54 Å². The Kier molecular flexibility index (Phi) is 5.67. The maximum atomic E-state index is 6.24. The van der Waals surface area contributed by atoms with E-state index in [1.165, 1.54) is 71.0 Å². The monoisotopic (exact) mass is 267 g/mol. The lowest BCUT2D eigenvalue weighted by molar-refractivity contribution is 0.0454. The summed E-state index contributed by atoms with van der Waals surface area (Å²) in [5.41, 5.74) is 6.51. The quantitative estimate of drug-likeness (QED) is 0.849. The predicted octanol–water partition coefficient (Wildman–Crippen LogP) is 2.45. The van der Waals surface area contributed by atoms with Crippen molar-refractivity contribution < 1.29 is 0 Å². The maximum Gasteiger partial charge on any atom is 0.0344 e. The van der Waals surface area contributed by atoms with Gasteiger partial charge < -0.3 is 10.6 Å². The minimum atomic E-state index is 0.270. The summed E-state index contributed by atoms with van der Waals surface area (Å²) in [6.07, 6.45) is 10.9. The fourth-order valence-electron chi connectivity index (χ4n) is 4.11. The zero-order chi connectivity index (χ0) is 13.7. The molecule has 0 spiro atoms. The first-order chi connectivity index (χ1) is 9.22. The van der Waals surface area contributed by atoms with E-state index >= 15 is 0 Å². The average molecular weight is 267 g/mol. The molecule has 0 aromatic heterocycles. The first-order valence-electron chi connectivity index (χ1n) is 8.37. The van der Waals surface area contributed by atoms with E-state index in [2.05, 4.69) is 23.8 Å². The van der Waals surface area contributed by atoms with Gasteiger partial charge in [0.25, 0.3) is 0 Å². The van der Waals surface area contributed by atoms with Crippen molar-refractivity contribution >= 4 is 0 Å². The molecule has 0 amide bonds. The lowest BCUT2D eigenvalue weighted by Gasteiger charge is -2.46. The predicted molar refractivity (Wildman–Crippen MR) is 82.4 cm³/mol. The first-order valence-corrected chi connectivity index (χ1v) is 8.37. The van der Waals surface area contributed by atoms with Gasteiger partial charge in [-0.3, -0.25) is 4.90 Å². The Balaban J connectivity index is 2.03. The SMILES string of the molecule is CCN1CCCC(CN)(N(C)C2CCCCC2)CC1. The minimum Gasteiger partial charge on any atom is -0.329 e. The highest BCUT2D eigenvalue weighted by Gasteiger charge is 2.38. The number of nitrogens with zero attached hydrogens (tertiary/aromatic N) is 2. The van der Waals surface area contributed by atoms with E-state index in [9.17, 15) is 0 Å². The summed E-state index contributed by atoms with van der Waals surface area (Å²) >= 11 is 0. The molecule has 3 heteroatoms. The topological polar surface area (TPSA) is 32.5 Å². The molecule has 3 nitrogen and oxygen atoms in total. The molecule has 19 heavy (non-hydrogen) atoms. The molecular weight excluding hydrogens is 234 g/mol. The van der Waals surface area contributed by atoms with Crippen LogP contribution >= 0.6 is 0 Å². The van der Waals surface area contributed by atoms with Crippen LogP contribution in [0.4, 0.5) is 0 Å². The molecule has 2 fully saturated rings. The van der Waals surface area contributed by atoms with Gasteiger partial charge in [0.15, 0.2) is 0 Å². The highest BCUT2D eigenvalue weighted by molar-refractivity contribution is 4.96. The zero-order valence-corrected chi connectivity index (χ0v) is 13.0. The number of hydrogen-bond acceptors (Lipinski definition) is 3. The summed E-state index contributed by atoms with van der Waals surface area (Å²) in [5.74, 6) is 0. The van der Waals surface area contributed by atoms with Gasteiger partial charge in [0.2, 0.25) is 0 Å². The van der Waals surface area contributed by atoms with Gasteiger partial charge in [-0.2, -0.15) is 0 Å². The highest BCUT2D eigenvalue weighted by atomic mass is 15.2. The Morgan fingerprint density at radius 1 is 1.11 bits per heavy atom. The third-order valence-electron chi connectivity index (χ3n) is 5.71. The van der Waals surface area contributed by atoms with Gasteiger partial charge >= 0.3 is 0 Å². The van der Waals surface area contributed by atoms with Gasteiger partial charge in [0.1, 0.15) is 0 Å². The number of hydrogen-bond donors (Lipinski definition) is 1. The van der Waals surface area contributed by atoms with Crippen LogP contribution in [0.2, 0.25) is 0 Å². The fraction of sp³-hybridized carbons (Fsp3) is 1.00. The molecule has 1 aliphatic heterocycles. The van der Waals surface area contributed by atoms with Crippen molar-refractivity contribution in [2.24, 2.45) is 5.73 Å². The van der Waals surface area contributed by atoms with E-state index in [1.807, 2.05) is 0 Å². The molecule has 1 saturated carbocycles. The van der Waals surface area contributed by atoms with E-state index in [1.54, 1.807) is 0 Å². The molecule has 1 aliphatic carbocycles. The van der Waals surface area contributed by atoms with Crippen molar-refractivity contribution in [2.75, 3.05) is 33.2 Å². The van der Waals surface area contributed by atoms with Crippen LogP contribution in [0.25, 0.3) is 0 Å². The summed E-state index contributed by atoms with van der Waals surface area (Å²) in [6, 6.07) is 0.783. The second-order valence-electron chi connectivity index (χ2n) is 6.62. The van der Waals surface area contributed by atoms with E-state index in [0.29, 0.717) is 0 Å². The molecule has 2 N–H and O–H groups in total. The summed E-state index contributed by atoms with van der Waals surface area (Å²) in [7, 11) is 2.35. The van der Waals surface area contributed by atoms with E-state index < -0.39 is 0 Å². The molecule has 0 aromatic carbocycles. The van der Waals surface area contributed by atoms with Gasteiger partial charge in [-0.25, -0.2) is 0 Å². The molecule has 1 atom stereocenters. The Hall–Kier alpha value is -0.120. The van der Waals surface area contributed by atoms with Crippen molar-refractivity contribution in [2.45, 2.75) is 69.9 Å². The third-order valence-corrected chi connectivity index (χ3v) is 5.71. The van der Waals surface area contributed by atoms with Crippen molar-refractivity contribution in [1.29, 1.82) is 0 Å². The lowest BCUT2D eigenvalue weighted by atomic mass is 9.84. The Bertz CT molecular complexity index is 263. The van der Waals surface area contributed by atoms with Crippen molar-refractivity contribution in [3.63, 3.8) is 0 Å². The van der Waals surface area contributed by atoms with Gasteiger partial charge in [-0.05, 0) is 58.8 Å². The molecule has 0 radical (unpaired) electrons.